The molecule has 0 saturated heterocycles. The second-order valence-electron chi connectivity index (χ2n) is 3.33. The first-order chi connectivity index (χ1) is 8.84. The number of pyridine rings is 1. The highest BCUT2D eigenvalue weighted by Gasteiger charge is 2.23. The van der Waals surface area contributed by atoms with E-state index < -0.39 is 32.0 Å². The average Bonchev–Trinajstić information content (AvgIpc) is 2.34. The van der Waals surface area contributed by atoms with Crippen LogP contribution < -0.4 is 11.2 Å². The molecule has 0 saturated carbocycles. The molecule has 10 heteroatoms. The molecule has 19 heavy (non-hydrogen) atoms. The number of hydrogen-bond donors (Lipinski definition) is 1. The van der Waals surface area contributed by atoms with Gasteiger partial charge in [-0.25, -0.2) is 18.2 Å². The highest BCUT2D eigenvalue weighted by molar-refractivity contribution is 7.90. The van der Waals surface area contributed by atoms with Crippen molar-refractivity contribution in [1.82, 2.24) is 13.9 Å². The predicted molar refractivity (Wildman–Crippen MR) is 63.1 cm³/mol. The Kier molecular flexibility index (Phi) is 3.25. The average molecular weight is 306 g/mol. The Morgan fingerprint density at radius 1 is 1.37 bits per heavy atom. The van der Waals surface area contributed by atoms with Gasteiger partial charge < -0.3 is 0 Å². The summed E-state index contributed by atoms with van der Waals surface area (Å²) in [4.78, 5) is 26.9. The van der Waals surface area contributed by atoms with E-state index in [-0.39, 0.29) is 15.3 Å². The minimum absolute atomic E-state index is 0.0482. The van der Waals surface area contributed by atoms with Crippen LogP contribution in [-0.4, -0.2) is 22.4 Å². The summed E-state index contributed by atoms with van der Waals surface area (Å²) in [6.45, 7) is 0. The van der Waals surface area contributed by atoms with Crippen molar-refractivity contribution in [3.63, 3.8) is 0 Å². The molecule has 7 nitrogen and oxygen atoms in total. The molecule has 0 aliphatic carbocycles. The molecular formula is C9H5ClFN3O4S. The fourth-order valence-electron chi connectivity index (χ4n) is 1.28. The van der Waals surface area contributed by atoms with Crippen LogP contribution in [0.4, 0.5) is 4.39 Å². The molecule has 2 rings (SSSR count). The summed E-state index contributed by atoms with van der Waals surface area (Å²) in [5.74, 6) is -1.41. The fourth-order valence-corrected chi connectivity index (χ4v) is 2.92. The summed E-state index contributed by atoms with van der Waals surface area (Å²) in [6, 6.07) is 2.38. The number of H-pyrrole nitrogens is 1. The van der Waals surface area contributed by atoms with E-state index >= 15 is 0 Å². The number of halogens is 2. The molecule has 0 amide bonds. The van der Waals surface area contributed by atoms with Crippen LogP contribution in [-0.2, 0) is 10.0 Å². The van der Waals surface area contributed by atoms with Crippen molar-refractivity contribution in [3.8, 4) is 0 Å². The largest absolute Gasteiger partial charge is 0.342 e. The molecular weight excluding hydrogens is 301 g/mol. The monoisotopic (exact) mass is 305 g/mol. The van der Waals surface area contributed by atoms with Gasteiger partial charge in [0.2, 0.25) is 5.82 Å². The van der Waals surface area contributed by atoms with Gasteiger partial charge in [0.1, 0.15) is 10.0 Å². The molecule has 2 aromatic heterocycles. The van der Waals surface area contributed by atoms with E-state index in [9.17, 15) is 22.4 Å². The Morgan fingerprint density at radius 2 is 2.05 bits per heavy atom. The first kappa shape index (κ1) is 13.4. The van der Waals surface area contributed by atoms with Crippen molar-refractivity contribution < 1.29 is 12.8 Å². The van der Waals surface area contributed by atoms with Crippen molar-refractivity contribution in [3.05, 3.63) is 56.3 Å². The van der Waals surface area contributed by atoms with Gasteiger partial charge in [-0.2, -0.15) is 8.36 Å². The van der Waals surface area contributed by atoms with Crippen LogP contribution in [0.15, 0.2) is 39.0 Å². The second-order valence-corrected chi connectivity index (χ2v) is 5.47. The predicted octanol–water partition coefficient (Wildman–Crippen LogP) is -0.0389. The molecule has 2 aromatic rings. The summed E-state index contributed by atoms with van der Waals surface area (Å²) in [5, 5.41) is -0.374. The molecule has 0 aliphatic rings. The summed E-state index contributed by atoms with van der Waals surface area (Å²) >= 11 is 5.61. The van der Waals surface area contributed by atoms with Crippen LogP contribution in [0.1, 0.15) is 0 Å². The van der Waals surface area contributed by atoms with E-state index in [1.807, 2.05) is 0 Å². The molecule has 0 spiro atoms. The lowest BCUT2D eigenvalue weighted by Gasteiger charge is -2.07. The number of nitrogens with one attached hydrogen (secondary N) is 1. The second kappa shape index (κ2) is 4.59. The zero-order chi connectivity index (χ0) is 14.2. The molecule has 100 valence electrons. The van der Waals surface area contributed by atoms with Gasteiger partial charge >= 0.3 is 5.69 Å². The highest BCUT2D eigenvalue weighted by atomic mass is 35.5. The molecule has 0 unspecified atom stereocenters. The maximum absolute atomic E-state index is 13.1. The van der Waals surface area contributed by atoms with Gasteiger partial charge in [-0.05, 0) is 12.1 Å². The van der Waals surface area contributed by atoms with E-state index in [0.717, 1.165) is 6.07 Å². The minimum Gasteiger partial charge on any atom is -0.271 e. The van der Waals surface area contributed by atoms with E-state index in [1.54, 1.807) is 0 Å². The fraction of sp³-hybridized carbons (Fsp3) is 0. The van der Waals surface area contributed by atoms with E-state index in [4.69, 9.17) is 11.6 Å². The molecule has 1 N–H and O–H groups in total. The van der Waals surface area contributed by atoms with Crippen LogP contribution in [0.5, 0.6) is 0 Å². The lowest BCUT2D eigenvalue weighted by molar-refractivity contribution is 0.564. The Bertz CT molecular complexity index is 858. The SMILES string of the molecule is O=c1[nH]c(=O)n(S(=O)(=O)c2cccnc2Cl)cc1F. The van der Waals surface area contributed by atoms with Crippen molar-refractivity contribution in [2.24, 2.45) is 0 Å². The molecule has 0 fully saturated rings. The number of aromatic amines is 1. The molecule has 0 atom stereocenters. The molecule has 0 aromatic carbocycles. The van der Waals surface area contributed by atoms with E-state index in [0.29, 0.717) is 0 Å². The first-order valence-electron chi connectivity index (χ1n) is 4.71. The molecule has 0 aliphatic heterocycles. The van der Waals surface area contributed by atoms with Crippen molar-refractivity contribution >= 4 is 21.6 Å². The summed E-state index contributed by atoms with van der Waals surface area (Å²) in [6.07, 6.45) is 1.53. The van der Waals surface area contributed by atoms with Crippen LogP contribution >= 0.6 is 11.6 Å². The smallest absolute Gasteiger partial charge is 0.271 e. The Labute approximate surface area is 110 Å². The standard InChI is InChI=1S/C9H5ClFN3O4S/c10-7-6(2-1-3-12-7)19(17,18)14-4-5(11)8(15)13-9(14)16/h1-4H,(H,13,15,16). The zero-order valence-electron chi connectivity index (χ0n) is 9.00. The number of aromatic nitrogens is 3. The van der Waals surface area contributed by atoms with Crippen molar-refractivity contribution in [1.29, 1.82) is 0 Å². The lowest BCUT2D eigenvalue weighted by Crippen LogP contribution is -2.35. The maximum atomic E-state index is 13.1. The summed E-state index contributed by atoms with van der Waals surface area (Å²) < 4.78 is 37.3. The van der Waals surface area contributed by atoms with Crippen LogP contribution in [0.2, 0.25) is 5.15 Å². The van der Waals surface area contributed by atoms with Crippen molar-refractivity contribution in [2.75, 3.05) is 0 Å². The van der Waals surface area contributed by atoms with Gasteiger partial charge in [-0.1, -0.05) is 11.6 Å². The lowest BCUT2D eigenvalue weighted by atomic mass is 10.5. The van der Waals surface area contributed by atoms with Gasteiger partial charge in [-0.15, -0.1) is 0 Å². The van der Waals surface area contributed by atoms with Crippen LogP contribution in [0.25, 0.3) is 0 Å². The van der Waals surface area contributed by atoms with Gasteiger partial charge in [0.15, 0.2) is 0 Å². The highest BCUT2D eigenvalue weighted by Crippen LogP contribution is 2.19. The molecule has 0 bridgehead atoms. The third kappa shape index (κ3) is 2.29. The molecule has 0 radical (unpaired) electrons. The van der Waals surface area contributed by atoms with Gasteiger partial charge in [-0.3, -0.25) is 9.78 Å². The van der Waals surface area contributed by atoms with Crippen LogP contribution in [0.3, 0.4) is 0 Å². The number of rotatable bonds is 2. The summed E-state index contributed by atoms with van der Waals surface area (Å²) in [5.41, 5.74) is -2.61. The Balaban J connectivity index is 2.79. The van der Waals surface area contributed by atoms with E-state index in [1.165, 1.54) is 17.2 Å². The minimum atomic E-state index is -4.44. The topological polar surface area (TPSA) is 102 Å². The Hall–Kier alpha value is -2.00. The normalized spacial score (nSPS) is 11.5. The maximum Gasteiger partial charge on any atom is 0.342 e. The van der Waals surface area contributed by atoms with E-state index in [2.05, 4.69) is 4.98 Å². The van der Waals surface area contributed by atoms with Crippen LogP contribution in [0, 0.1) is 5.82 Å². The Morgan fingerprint density at radius 3 is 2.68 bits per heavy atom. The summed E-state index contributed by atoms with van der Waals surface area (Å²) in [7, 11) is -4.44. The zero-order valence-corrected chi connectivity index (χ0v) is 10.6. The third-order valence-corrected chi connectivity index (χ3v) is 4.22. The number of hydrogen-bond acceptors (Lipinski definition) is 5. The first-order valence-corrected chi connectivity index (χ1v) is 6.53. The van der Waals surface area contributed by atoms with Gasteiger partial charge in [0.05, 0.1) is 6.20 Å². The number of nitrogens with zero attached hydrogens (tertiary/aromatic N) is 2. The third-order valence-electron chi connectivity index (χ3n) is 2.13. The van der Waals surface area contributed by atoms with Gasteiger partial charge in [0.25, 0.3) is 15.6 Å². The molecule has 2 heterocycles. The van der Waals surface area contributed by atoms with Gasteiger partial charge in [0, 0.05) is 6.20 Å². The van der Waals surface area contributed by atoms with Crippen molar-refractivity contribution in [2.45, 2.75) is 4.90 Å². The quantitative estimate of drug-likeness (QED) is 0.784.